The van der Waals surface area contributed by atoms with Crippen LogP contribution >= 0.6 is 0 Å². The second-order valence-electron chi connectivity index (χ2n) is 7.93. The van der Waals surface area contributed by atoms with Crippen molar-refractivity contribution in [2.45, 2.75) is 19.4 Å². The first-order valence-corrected chi connectivity index (χ1v) is 10.8. The standard InChI is InChI=1S/C26H30N2O4/c1-4-32-21-14-12-20(13-15-21)24-23(22(29)16-11-19-9-6-5-7-10-19)25(30)26(31)28(24)18-8-17-27(2)3/h5-7,9-16,24,30H,4,8,17-18H2,1-3H3/b16-11+/t24-/m0/s1. The zero-order valence-corrected chi connectivity index (χ0v) is 18.8. The summed E-state index contributed by atoms with van der Waals surface area (Å²) in [7, 11) is 3.93. The van der Waals surface area contributed by atoms with Gasteiger partial charge in [0.25, 0.3) is 5.91 Å². The highest BCUT2D eigenvalue weighted by Crippen LogP contribution is 2.38. The van der Waals surface area contributed by atoms with Gasteiger partial charge in [-0.2, -0.15) is 0 Å². The molecule has 0 aliphatic carbocycles. The van der Waals surface area contributed by atoms with Crippen LogP contribution in [0, 0.1) is 0 Å². The fourth-order valence-corrected chi connectivity index (χ4v) is 3.78. The maximum absolute atomic E-state index is 13.1. The van der Waals surface area contributed by atoms with Crippen molar-refractivity contribution in [2.75, 3.05) is 33.8 Å². The number of nitrogens with zero attached hydrogens (tertiary/aromatic N) is 2. The summed E-state index contributed by atoms with van der Waals surface area (Å²) in [4.78, 5) is 29.7. The Morgan fingerprint density at radius 2 is 1.81 bits per heavy atom. The molecule has 1 atom stereocenters. The van der Waals surface area contributed by atoms with Gasteiger partial charge < -0.3 is 19.6 Å². The number of hydrogen-bond donors (Lipinski definition) is 1. The average molecular weight is 435 g/mol. The van der Waals surface area contributed by atoms with E-state index in [2.05, 4.69) is 0 Å². The Bertz CT molecular complexity index is 994. The number of ether oxygens (including phenoxy) is 1. The number of ketones is 1. The van der Waals surface area contributed by atoms with Crippen LogP contribution in [0.2, 0.25) is 0 Å². The monoisotopic (exact) mass is 434 g/mol. The zero-order valence-electron chi connectivity index (χ0n) is 18.8. The van der Waals surface area contributed by atoms with E-state index in [0.717, 1.165) is 24.1 Å². The highest BCUT2D eigenvalue weighted by molar-refractivity contribution is 6.14. The molecule has 1 heterocycles. The van der Waals surface area contributed by atoms with Gasteiger partial charge >= 0.3 is 0 Å². The smallest absolute Gasteiger partial charge is 0.290 e. The summed E-state index contributed by atoms with van der Waals surface area (Å²) in [5, 5.41) is 10.7. The van der Waals surface area contributed by atoms with Gasteiger partial charge in [-0.05, 0) is 63.3 Å². The van der Waals surface area contributed by atoms with Crippen molar-refractivity contribution in [3.05, 3.63) is 83.1 Å². The number of amides is 1. The lowest BCUT2D eigenvalue weighted by atomic mass is 9.95. The van der Waals surface area contributed by atoms with Crippen LogP contribution in [0.3, 0.4) is 0 Å². The first-order valence-electron chi connectivity index (χ1n) is 10.8. The third-order valence-corrected chi connectivity index (χ3v) is 5.31. The van der Waals surface area contributed by atoms with Crippen molar-refractivity contribution in [1.82, 2.24) is 9.80 Å². The Balaban J connectivity index is 1.93. The molecular weight excluding hydrogens is 404 g/mol. The van der Waals surface area contributed by atoms with Crippen LogP contribution in [0.15, 0.2) is 72.0 Å². The Hall–Kier alpha value is -3.38. The normalized spacial score (nSPS) is 16.4. The molecule has 1 aliphatic rings. The fraction of sp³-hybridized carbons (Fsp3) is 0.308. The summed E-state index contributed by atoms with van der Waals surface area (Å²) >= 11 is 0. The Morgan fingerprint density at radius 3 is 2.44 bits per heavy atom. The Labute approximate surface area is 189 Å². The second kappa shape index (κ2) is 10.8. The number of carbonyl (C=O) groups excluding carboxylic acids is 2. The zero-order chi connectivity index (χ0) is 23.1. The SMILES string of the molecule is CCOc1ccc([C@H]2C(C(=O)/C=C/c3ccccc3)=C(O)C(=O)N2CCCN(C)C)cc1. The predicted molar refractivity (Wildman–Crippen MR) is 125 cm³/mol. The van der Waals surface area contributed by atoms with Crippen LogP contribution < -0.4 is 4.74 Å². The summed E-state index contributed by atoms with van der Waals surface area (Å²) in [6.07, 6.45) is 3.83. The van der Waals surface area contributed by atoms with E-state index in [-0.39, 0.29) is 11.4 Å². The van der Waals surface area contributed by atoms with E-state index in [0.29, 0.717) is 18.9 Å². The molecular formula is C26H30N2O4. The maximum Gasteiger partial charge on any atom is 0.290 e. The molecule has 2 aromatic carbocycles. The fourth-order valence-electron chi connectivity index (χ4n) is 3.78. The van der Waals surface area contributed by atoms with Crippen LogP contribution in [0.4, 0.5) is 0 Å². The molecule has 0 bridgehead atoms. The number of benzene rings is 2. The van der Waals surface area contributed by atoms with Gasteiger partial charge in [0, 0.05) is 6.54 Å². The minimum atomic E-state index is -0.645. The van der Waals surface area contributed by atoms with Crippen molar-refractivity contribution >= 4 is 17.8 Å². The molecule has 168 valence electrons. The molecule has 1 N–H and O–H groups in total. The number of allylic oxidation sites excluding steroid dienone is 1. The molecule has 0 spiro atoms. The minimum Gasteiger partial charge on any atom is -0.503 e. The second-order valence-corrected chi connectivity index (χ2v) is 7.93. The molecule has 0 radical (unpaired) electrons. The van der Waals surface area contributed by atoms with Gasteiger partial charge in [-0.1, -0.05) is 48.5 Å². The summed E-state index contributed by atoms with van der Waals surface area (Å²) < 4.78 is 5.52. The van der Waals surface area contributed by atoms with Gasteiger partial charge in [-0.3, -0.25) is 9.59 Å². The van der Waals surface area contributed by atoms with Gasteiger partial charge in [0.1, 0.15) is 5.75 Å². The number of hydrogen-bond acceptors (Lipinski definition) is 5. The van der Waals surface area contributed by atoms with E-state index in [1.165, 1.54) is 6.08 Å². The summed E-state index contributed by atoms with van der Waals surface area (Å²) in [6, 6.07) is 16.1. The number of rotatable bonds is 10. The maximum atomic E-state index is 13.1. The van der Waals surface area contributed by atoms with Crippen molar-refractivity contribution < 1.29 is 19.4 Å². The van der Waals surface area contributed by atoms with E-state index >= 15 is 0 Å². The quantitative estimate of drug-likeness (QED) is 0.572. The van der Waals surface area contributed by atoms with Crippen LogP contribution in [0.25, 0.3) is 6.08 Å². The summed E-state index contributed by atoms with van der Waals surface area (Å²) in [6.45, 7) is 3.68. The first-order chi connectivity index (χ1) is 15.4. The topological polar surface area (TPSA) is 70.1 Å². The van der Waals surface area contributed by atoms with Gasteiger partial charge in [0.2, 0.25) is 0 Å². The van der Waals surface area contributed by atoms with Gasteiger partial charge in [0.15, 0.2) is 11.5 Å². The van der Waals surface area contributed by atoms with Gasteiger partial charge in [-0.25, -0.2) is 0 Å². The van der Waals surface area contributed by atoms with Gasteiger partial charge in [-0.15, -0.1) is 0 Å². The minimum absolute atomic E-state index is 0.108. The van der Waals surface area contributed by atoms with Crippen LogP contribution in [0.5, 0.6) is 5.75 Å². The third kappa shape index (κ3) is 5.45. The van der Waals surface area contributed by atoms with E-state index in [1.807, 2.05) is 80.5 Å². The molecule has 0 saturated heterocycles. The Kier molecular flexibility index (Phi) is 7.84. The summed E-state index contributed by atoms with van der Waals surface area (Å²) in [5.74, 6) is -0.658. The predicted octanol–water partition coefficient (Wildman–Crippen LogP) is 4.01. The largest absolute Gasteiger partial charge is 0.503 e. The van der Waals surface area contributed by atoms with Crippen molar-refractivity contribution in [2.24, 2.45) is 0 Å². The molecule has 32 heavy (non-hydrogen) atoms. The summed E-state index contributed by atoms with van der Waals surface area (Å²) in [5.41, 5.74) is 1.73. The molecule has 0 saturated carbocycles. The van der Waals surface area contributed by atoms with E-state index in [1.54, 1.807) is 11.0 Å². The number of aliphatic hydroxyl groups excluding tert-OH is 1. The van der Waals surface area contributed by atoms with Crippen molar-refractivity contribution in [1.29, 1.82) is 0 Å². The molecule has 6 nitrogen and oxygen atoms in total. The van der Waals surface area contributed by atoms with E-state index in [4.69, 9.17) is 4.74 Å². The lowest BCUT2D eigenvalue weighted by Gasteiger charge is -2.27. The van der Waals surface area contributed by atoms with E-state index in [9.17, 15) is 14.7 Å². The lowest BCUT2D eigenvalue weighted by molar-refractivity contribution is -0.129. The molecule has 0 fully saturated rings. The molecule has 0 unspecified atom stereocenters. The van der Waals surface area contributed by atoms with Crippen molar-refractivity contribution in [3.63, 3.8) is 0 Å². The third-order valence-electron chi connectivity index (χ3n) is 5.31. The molecule has 1 aliphatic heterocycles. The van der Waals surface area contributed by atoms with Crippen LogP contribution in [-0.4, -0.2) is 60.4 Å². The molecule has 0 aromatic heterocycles. The molecule has 6 heteroatoms. The van der Waals surface area contributed by atoms with Crippen molar-refractivity contribution in [3.8, 4) is 5.75 Å². The molecule has 3 rings (SSSR count). The molecule has 1 amide bonds. The average Bonchev–Trinajstić information content (AvgIpc) is 3.04. The van der Waals surface area contributed by atoms with Crippen LogP contribution in [0.1, 0.15) is 30.5 Å². The Morgan fingerprint density at radius 1 is 1.12 bits per heavy atom. The highest BCUT2D eigenvalue weighted by atomic mass is 16.5. The van der Waals surface area contributed by atoms with E-state index < -0.39 is 17.7 Å². The first kappa shape index (κ1) is 23.3. The highest BCUT2D eigenvalue weighted by Gasteiger charge is 2.42. The van der Waals surface area contributed by atoms with Gasteiger partial charge in [0.05, 0.1) is 18.2 Å². The molecule has 2 aromatic rings. The number of carbonyl (C=O) groups is 2. The number of aliphatic hydroxyl groups is 1. The van der Waals surface area contributed by atoms with Crippen LogP contribution in [-0.2, 0) is 9.59 Å². The lowest BCUT2D eigenvalue weighted by Crippen LogP contribution is -2.33.